The average Bonchev–Trinajstić information content (AvgIpc) is 2.77. The number of aromatic nitrogens is 1. The number of aryl methyl sites for hydroxylation is 1. The second kappa shape index (κ2) is 6.31. The molecule has 2 rings (SSSR count). The van der Waals surface area contributed by atoms with Gasteiger partial charge in [0.1, 0.15) is 5.75 Å². The Morgan fingerprint density at radius 3 is 2.94 bits per heavy atom. The molecule has 2 N–H and O–H groups in total. The van der Waals surface area contributed by atoms with E-state index in [-0.39, 0.29) is 0 Å². The molecule has 0 radical (unpaired) electrons. The van der Waals surface area contributed by atoms with Gasteiger partial charge < -0.3 is 10.5 Å². The topological polar surface area (TPSA) is 48.1 Å². The Balaban J connectivity index is 1.96. The zero-order valence-electron chi connectivity index (χ0n) is 10.1. The molecule has 0 fully saturated rings. The van der Waals surface area contributed by atoms with Crippen molar-refractivity contribution >= 4 is 27.3 Å². The van der Waals surface area contributed by atoms with Crippen molar-refractivity contribution in [3.8, 4) is 5.75 Å². The van der Waals surface area contributed by atoms with Crippen LogP contribution in [0.1, 0.15) is 16.1 Å². The number of benzene rings is 1. The molecule has 0 aliphatic carbocycles. The van der Waals surface area contributed by atoms with Crippen molar-refractivity contribution in [3.63, 3.8) is 0 Å². The van der Waals surface area contributed by atoms with E-state index >= 15 is 0 Å². The standard InChI is InChI=1S/C13H15BrN2OS/c1-9-13(18-8-16-9)4-5-17-12-3-2-11(14)6-10(12)7-15/h2-3,6,8H,4-5,7,15H2,1H3. The van der Waals surface area contributed by atoms with E-state index in [1.165, 1.54) is 4.88 Å². The van der Waals surface area contributed by atoms with Crippen LogP contribution in [0.25, 0.3) is 0 Å². The molecule has 3 nitrogen and oxygen atoms in total. The predicted octanol–water partition coefficient (Wildman–Crippen LogP) is 3.29. The molecule has 0 amide bonds. The fraction of sp³-hybridized carbons (Fsp3) is 0.308. The highest BCUT2D eigenvalue weighted by Gasteiger charge is 2.05. The van der Waals surface area contributed by atoms with E-state index in [0.29, 0.717) is 13.2 Å². The Kier molecular flexibility index (Phi) is 4.74. The van der Waals surface area contributed by atoms with E-state index in [4.69, 9.17) is 10.5 Å². The highest BCUT2D eigenvalue weighted by molar-refractivity contribution is 9.10. The maximum absolute atomic E-state index is 5.79. The summed E-state index contributed by atoms with van der Waals surface area (Å²) in [5, 5.41) is 0. The molecular formula is C13H15BrN2OS. The van der Waals surface area contributed by atoms with Crippen molar-refractivity contribution in [2.75, 3.05) is 6.61 Å². The minimum absolute atomic E-state index is 0.481. The third-order valence-corrected chi connectivity index (χ3v) is 4.16. The van der Waals surface area contributed by atoms with Crippen molar-refractivity contribution in [1.82, 2.24) is 4.98 Å². The van der Waals surface area contributed by atoms with Crippen molar-refractivity contribution in [2.24, 2.45) is 5.73 Å². The number of rotatable bonds is 5. The third-order valence-electron chi connectivity index (χ3n) is 2.67. The van der Waals surface area contributed by atoms with Gasteiger partial charge in [-0.25, -0.2) is 4.98 Å². The first-order chi connectivity index (χ1) is 8.70. The first-order valence-corrected chi connectivity index (χ1v) is 7.38. The number of hydrogen-bond donors (Lipinski definition) is 1. The summed E-state index contributed by atoms with van der Waals surface area (Å²) in [4.78, 5) is 5.50. The lowest BCUT2D eigenvalue weighted by Gasteiger charge is -2.10. The van der Waals surface area contributed by atoms with Crippen LogP contribution in [0.15, 0.2) is 28.2 Å². The summed E-state index contributed by atoms with van der Waals surface area (Å²) in [5.41, 5.74) is 9.69. The lowest BCUT2D eigenvalue weighted by atomic mass is 10.2. The quantitative estimate of drug-likeness (QED) is 0.917. The average molecular weight is 327 g/mol. The van der Waals surface area contributed by atoms with E-state index < -0.39 is 0 Å². The second-order valence-corrected chi connectivity index (χ2v) is 5.77. The Hall–Kier alpha value is -0.910. The summed E-state index contributed by atoms with van der Waals surface area (Å²) in [6.07, 6.45) is 0.885. The summed E-state index contributed by atoms with van der Waals surface area (Å²) < 4.78 is 6.81. The molecule has 96 valence electrons. The molecule has 0 bridgehead atoms. The molecule has 5 heteroatoms. The maximum Gasteiger partial charge on any atom is 0.123 e. The lowest BCUT2D eigenvalue weighted by Crippen LogP contribution is -2.05. The van der Waals surface area contributed by atoms with Gasteiger partial charge in [0.25, 0.3) is 0 Å². The molecule has 0 atom stereocenters. The normalized spacial score (nSPS) is 10.6. The van der Waals surface area contributed by atoms with Crippen molar-refractivity contribution < 1.29 is 4.74 Å². The monoisotopic (exact) mass is 326 g/mol. The predicted molar refractivity (Wildman–Crippen MR) is 78.1 cm³/mol. The van der Waals surface area contributed by atoms with Gasteiger partial charge >= 0.3 is 0 Å². The van der Waals surface area contributed by atoms with Crippen molar-refractivity contribution in [1.29, 1.82) is 0 Å². The van der Waals surface area contributed by atoms with Crippen molar-refractivity contribution in [3.05, 3.63) is 44.3 Å². The van der Waals surface area contributed by atoms with Crippen molar-refractivity contribution in [2.45, 2.75) is 19.9 Å². The molecule has 0 spiro atoms. The molecule has 0 aliphatic rings. The summed E-state index contributed by atoms with van der Waals surface area (Å²) in [7, 11) is 0. The Labute approximate surface area is 119 Å². The number of halogens is 1. The van der Waals surface area contributed by atoms with Crippen LogP contribution >= 0.6 is 27.3 Å². The molecule has 1 aromatic carbocycles. The van der Waals surface area contributed by atoms with E-state index in [0.717, 1.165) is 27.9 Å². The Bertz CT molecular complexity index is 527. The molecule has 1 heterocycles. The van der Waals surface area contributed by atoms with Crippen LogP contribution in [-0.4, -0.2) is 11.6 Å². The maximum atomic E-state index is 5.79. The number of nitrogens with two attached hydrogens (primary N) is 1. The van der Waals surface area contributed by atoms with Gasteiger partial charge in [-0.15, -0.1) is 11.3 Å². The summed E-state index contributed by atoms with van der Waals surface area (Å²) in [5.74, 6) is 0.864. The molecule has 0 saturated carbocycles. The van der Waals surface area contributed by atoms with Crippen LogP contribution in [0, 0.1) is 6.92 Å². The van der Waals surface area contributed by atoms with Gasteiger partial charge in [-0.2, -0.15) is 0 Å². The van der Waals surface area contributed by atoms with Crippen LogP contribution in [0.5, 0.6) is 5.75 Å². The van der Waals surface area contributed by atoms with Gasteiger partial charge in [0.2, 0.25) is 0 Å². The molecular weight excluding hydrogens is 312 g/mol. The van der Waals surface area contributed by atoms with E-state index in [9.17, 15) is 0 Å². The molecule has 0 unspecified atom stereocenters. The number of nitrogens with zero attached hydrogens (tertiary/aromatic N) is 1. The summed E-state index contributed by atoms with van der Waals surface area (Å²) in [6.45, 7) is 3.16. The Morgan fingerprint density at radius 1 is 1.44 bits per heavy atom. The minimum atomic E-state index is 0.481. The van der Waals surface area contributed by atoms with E-state index in [1.807, 2.05) is 30.6 Å². The number of ether oxygens (including phenoxy) is 1. The highest BCUT2D eigenvalue weighted by Crippen LogP contribution is 2.23. The Morgan fingerprint density at radius 2 is 2.28 bits per heavy atom. The molecule has 0 saturated heterocycles. The summed E-state index contributed by atoms with van der Waals surface area (Å²) >= 11 is 5.10. The number of hydrogen-bond acceptors (Lipinski definition) is 4. The largest absolute Gasteiger partial charge is 0.493 e. The van der Waals surface area contributed by atoms with Gasteiger partial charge in [0.05, 0.1) is 17.8 Å². The van der Waals surface area contributed by atoms with Crippen LogP contribution in [0.3, 0.4) is 0 Å². The van der Waals surface area contributed by atoms with Gasteiger partial charge in [0.15, 0.2) is 0 Å². The van der Waals surface area contributed by atoms with Gasteiger partial charge in [0, 0.05) is 27.9 Å². The van der Waals surface area contributed by atoms with E-state index in [2.05, 4.69) is 20.9 Å². The third kappa shape index (κ3) is 3.31. The summed E-state index contributed by atoms with van der Waals surface area (Å²) in [6, 6.07) is 5.91. The van der Waals surface area contributed by atoms with Gasteiger partial charge in [-0.05, 0) is 25.1 Å². The number of thiazole rings is 1. The zero-order valence-corrected chi connectivity index (χ0v) is 12.6. The molecule has 18 heavy (non-hydrogen) atoms. The fourth-order valence-corrected chi connectivity index (χ4v) is 2.84. The SMILES string of the molecule is Cc1ncsc1CCOc1ccc(Br)cc1CN. The lowest BCUT2D eigenvalue weighted by molar-refractivity contribution is 0.319. The highest BCUT2D eigenvalue weighted by atomic mass is 79.9. The van der Waals surface area contributed by atoms with E-state index in [1.54, 1.807) is 11.3 Å². The zero-order chi connectivity index (χ0) is 13.0. The first kappa shape index (κ1) is 13.5. The molecule has 0 aliphatic heterocycles. The first-order valence-electron chi connectivity index (χ1n) is 5.71. The van der Waals surface area contributed by atoms with Gasteiger partial charge in [-0.3, -0.25) is 0 Å². The second-order valence-electron chi connectivity index (χ2n) is 3.92. The van der Waals surface area contributed by atoms with Gasteiger partial charge in [-0.1, -0.05) is 15.9 Å². The van der Waals surface area contributed by atoms with Crippen LogP contribution in [-0.2, 0) is 13.0 Å². The van der Waals surface area contributed by atoms with Crippen LogP contribution < -0.4 is 10.5 Å². The smallest absolute Gasteiger partial charge is 0.123 e. The molecule has 2 aromatic rings. The molecule has 1 aromatic heterocycles. The fourth-order valence-electron chi connectivity index (χ4n) is 1.67. The van der Waals surface area contributed by atoms with Crippen LogP contribution in [0.4, 0.5) is 0 Å². The minimum Gasteiger partial charge on any atom is -0.493 e. The van der Waals surface area contributed by atoms with Crippen LogP contribution in [0.2, 0.25) is 0 Å².